The molecule has 2 aromatic rings. The lowest BCUT2D eigenvalue weighted by Gasteiger charge is -2.24. The number of halogens is 4. The Hall–Kier alpha value is -0.880. The molecule has 2 rings (SSSR count). The molecule has 2 nitrogen and oxygen atoms in total. The first-order chi connectivity index (χ1) is 8.79. The monoisotopic (exact) mass is 390 g/mol. The molecule has 6 heteroatoms. The second-order valence-corrected chi connectivity index (χ2v) is 6.24. The lowest BCUT2D eigenvalue weighted by Crippen LogP contribution is -2.23. The number of pyridine rings is 2. The van der Waals surface area contributed by atoms with E-state index >= 15 is 0 Å². The maximum atomic E-state index is 13.5. The Morgan fingerprint density at radius 1 is 0.842 bits per heavy atom. The normalized spacial score (nSPS) is 11.7. The maximum Gasteiger partial charge on any atom is 0.127 e. The number of aromatic nitrogens is 2. The Labute approximate surface area is 126 Å². The highest BCUT2D eigenvalue weighted by atomic mass is 79.9. The summed E-state index contributed by atoms with van der Waals surface area (Å²) in [4.78, 5) is 8.48. The van der Waals surface area contributed by atoms with Crippen molar-refractivity contribution in [3.63, 3.8) is 0 Å². The molecular formula is C13H10Br2F2N2. The first-order valence-electron chi connectivity index (χ1n) is 5.46. The van der Waals surface area contributed by atoms with Gasteiger partial charge >= 0.3 is 0 Å². The van der Waals surface area contributed by atoms with Gasteiger partial charge in [-0.15, -0.1) is 0 Å². The highest BCUT2D eigenvalue weighted by Crippen LogP contribution is 2.31. The number of hydrogen-bond donors (Lipinski definition) is 0. The summed E-state index contributed by atoms with van der Waals surface area (Å²) in [7, 11) is 0. The van der Waals surface area contributed by atoms with Gasteiger partial charge in [-0.2, -0.15) is 0 Å². The molecule has 2 aromatic heterocycles. The fourth-order valence-corrected chi connectivity index (χ4v) is 2.52. The molecule has 0 aliphatic rings. The van der Waals surface area contributed by atoms with Crippen molar-refractivity contribution in [3.05, 3.63) is 56.5 Å². The second-order valence-electron chi connectivity index (χ2n) is 4.61. The van der Waals surface area contributed by atoms with Crippen molar-refractivity contribution in [1.82, 2.24) is 9.97 Å². The van der Waals surface area contributed by atoms with Gasteiger partial charge in [0.25, 0.3) is 0 Å². The molecule has 2 heterocycles. The van der Waals surface area contributed by atoms with E-state index in [1.807, 2.05) is 13.8 Å². The predicted molar refractivity (Wildman–Crippen MR) is 75.9 cm³/mol. The molecule has 0 unspecified atom stereocenters. The SMILES string of the molecule is CC(C)(c1cc(F)cc(Br)n1)c1cc(F)cc(Br)n1. The van der Waals surface area contributed by atoms with Crippen molar-refractivity contribution in [2.24, 2.45) is 0 Å². The van der Waals surface area contributed by atoms with Crippen LogP contribution in [0.3, 0.4) is 0 Å². The van der Waals surface area contributed by atoms with Gasteiger partial charge in [-0.05, 0) is 57.8 Å². The topological polar surface area (TPSA) is 25.8 Å². The van der Waals surface area contributed by atoms with Crippen LogP contribution in [0.2, 0.25) is 0 Å². The van der Waals surface area contributed by atoms with Crippen LogP contribution in [0.25, 0.3) is 0 Å². The van der Waals surface area contributed by atoms with E-state index in [2.05, 4.69) is 41.8 Å². The summed E-state index contributed by atoms with van der Waals surface area (Å²) < 4.78 is 27.7. The van der Waals surface area contributed by atoms with E-state index in [4.69, 9.17) is 0 Å². The first kappa shape index (κ1) is 14.5. The molecule has 0 radical (unpaired) electrons. The minimum atomic E-state index is -0.713. The van der Waals surface area contributed by atoms with Gasteiger partial charge in [0.2, 0.25) is 0 Å². The Balaban J connectivity index is 2.57. The quantitative estimate of drug-likeness (QED) is 0.699. The van der Waals surface area contributed by atoms with E-state index in [9.17, 15) is 8.78 Å². The summed E-state index contributed by atoms with van der Waals surface area (Å²) in [5.41, 5.74) is 0.239. The first-order valence-corrected chi connectivity index (χ1v) is 7.05. The standard InChI is InChI=1S/C13H10Br2F2N2/c1-13(2,9-3-7(16)5-11(14)18-9)10-4-8(17)6-12(15)19-10/h3-6H,1-2H3. The van der Waals surface area contributed by atoms with Gasteiger partial charge in [0, 0.05) is 17.5 Å². The summed E-state index contributed by atoms with van der Waals surface area (Å²) in [6, 6.07) is 5.19. The van der Waals surface area contributed by atoms with Gasteiger partial charge in [-0.1, -0.05) is 0 Å². The summed E-state index contributed by atoms with van der Waals surface area (Å²) in [6.45, 7) is 3.63. The highest BCUT2D eigenvalue weighted by molar-refractivity contribution is 9.10. The van der Waals surface area contributed by atoms with Crippen LogP contribution in [0.15, 0.2) is 33.5 Å². The molecule has 0 N–H and O–H groups in total. The smallest absolute Gasteiger partial charge is 0.127 e. The number of nitrogens with zero attached hydrogens (tertiary/aromatic N) is 2. The molecule has 100 valence electrons. The zero-order valence-electron chi connectivity index (χ0n) is 10.2. The Morgan fingerprint density at radius 3 is 1.53 bits per heavy atom. The van der Waals surface area contributed by atoms with Crippen molar-refractivity contribution < 1.29 is 8.78 Å². The molecule has 0 amide bonds. The van der Waals surface area contributed by atoms with Crippen LogP contribution in [0.4, 0.5) is 8.78 Å². The van der Waals surface area contributed by atoms with E-state index < -0.39 is 17.0 Å². The molecule has 0 aliphatic heterocycles. The van der Waals surface area contributed by atoms with E-state index in [1.165, 1.54) is 24.3 Å². The molecule has 0 aliphatic carbocycles. The molecule has 0 saturated carbocycles. The average molecular weight is 392 g/mol. The van der Waals surface area contributed by atoms with Gasteiger partial charge in [0.05, 0.1) is 11.4 Å². The van der Waals surface area contributed by atoms with Crippen molar-refractivity contribution in [2.45, 2.75) is 19.3 Å². The van der Waals surface area contributed by atoms with Crippen molar-refractivity contribution >= 4 is 31.9 Å². The second kappa shape index (κ2) is 5.25. The Morgan fingerprint density at radius 2 is 1.21 bits per heavy atom. The van der Waals surface area contributed by atoms with Crippen LogP contribution < -0.4 is 0 Å². The molecule has 0 bridgehead atoms. The average Bonchev–Trinajstić information content (AvgIpc) is 2.26. The zero-order valence-corrected chi connectivity index (χ0v) is 13.4. The summed E-state index contributed by atoms with van der Waals surface area (Å²) >= 11 is 6.30. The van der Waals surface area contributed by atoms with Gasteiger partial charge < -0.3 is 0 Å². The van der Waals surface area contributed by atoms with Crippen molar-refractivity contribution in [3.8, 4) is 0 Å². The molecule has 0 spiro atoms. The third-order valence-corrected chi connectivity index (χ3v) is 3.61. The Bertz CT molecular complexity index is 536. The Kier molecular flexibility index (Phi) is 4.01. The largest absolute Gasteiger partial charge is 0.245 e. The third-order valence-electron chi connectivity index (χ3n) is 2.80. The molecule has 0 atom stereocenters. The molecular weight excluding hydrogens is 382 g/mol. The molecule has 0 aromatic carbocycles. The summed E-state index contributed by atoms with van der Waals surface area (Å²) in [6.07, 6.45) is 0. The molecule has 0 fully saturated rings. The van der Waals surface area contributed by atoms with Crippen LogP contribution in [0.1, 0.15) is 25.2 Å². The van der Waals surface area contributed by atoms with Crippen LogP contribution >= 0.6 is 31.9 Å². The maximum absolute atomic E-state index is 13.5. The summed E-state index contributed by atoms with van der Waals surface area (Å²) in [5.74, 6) is -0.805. The van der Waals surface area contributed by atoms with Gasteiger partial charge in [-0.3, -0.25) is 0 Å². The highest BCUT2D eigenvalue weighted by Gasteiger charge is 2.28. The third kappa shape index (κ3) is 3.17. The predicted octanol–water partition coefficient (Wildman–Crippen LogP) is 4.61. The van der Waals surface area contributed by atoms with Crippen LogP contribution in [0, 0.1) is 11.6 Å². The minimum absolute atomic E-state index is 0.394. The fraction of sp³-hybridized carbons (Fsp3) is 0.231. The van der Waals surface area contributed by atoms with Gasteiger partial charge in [0.1, 0.15) is 20.8 Å². The zero-order chi connectivity index (χ0) is 14.2. The lowest BCUT2D eigenvalue weighted by molar-refractivity contribution is 0.555. The minimum Gasteiger partial charge on any atom is -0.245 e. The van der Waals surface area contributed by atoms with Crippen molar-refractivity contribution in [2.75, 3.05) is 0 Å². The lowest BCUT2D eigenvalue weighted by atomic mass is 9.84. The van der Waals surface area contributed by atoms with Gasteiger partial charge in [-0.25, -0.2) is 18.7 Å². The molecule has 19 heavy (non-hydrogen) atoms. The summed E-state index contributed by atoms with van der Waals surface area (Å²) in [5, 5.41) is 0. The van der Waals surface area contributed by atoms with E-state index in [1.54, 1.807) is 0 Å². The van der Waals surface area contributed by atoms with Crippen LogP contribution in [-0.4, -0.2) is 9.97 Å². The van der Waals surface area contributed by atoms with E-state index in [0.717, 1.165) is 0 Å². The fourth-order valence-electron chi connectivity index (χ4n) is 1.70. The van der Waals surface area contributed by atoms with Gasteiger partial charge in [0.15, 0.2) is 0 Å². The van der Waals surface area contributed by atoms with Crippen LogP contribution in [-0.2, 0) is 5.41 Å². The van der Waals surface area contributed by atoms with E-state index in [-0.39, 0.29) is 0 Å². The molecule has 0 saturated heterocycles. The number of rotatable bonds is 2. The van der Waals surface area contributed by atoms with E-state index in [0.29, 0.717) is 20.6 Å². The van der Waals surface area contributed by atoms with Crippen molar-refractivity contribution in [1.29, 1.82) is 0 Å². The van der Waals surface area contributed by atoms with Crippen LogP contribution in [0.5, 0.6) is 0 Å². The number of hydrogen-bond acceptors (Lipinski definition) is 2.